The van der Waals surface area contributed by atoms with E-state index < -0.39 is 23.9 Å². The Balaban J connectivity index is 2.63. The summed E-state index contributed by atoms with van der Waals surface area (Å²) in [5.74, 6) is -2.62. The maximum atomic E-state index is 12.8. The Morgan fingerprint density at radius 2 is 1.56 bits per heavy atom. The average molecular weight is 377 g/mol. The summed E-state index contributed by atoms with van der Waals surface area (Å²) in [7, 11) is 0. The molecule has 1 aromatic rings. The van der Waals surface area contributed by atoms with E-state index >= 15 is 0 Å². The third-order valence-electron chi connectivity index (χ3n) is 5.70. The Bertz CT molecular complexity index is 743. The zero-order valence-electron chi connectivity index (χ0n) is 16.7. The molecule has 1 atom stereocenters. The van der Waals surface area contributed by atoms with Crippen molar-refractivity contribution in [1.29, 1.82) is 0 Å². The van der Waals surface area contributed by atoms with Gasteiger partial charge in [0.15, 0.2) is 0 Å². The topological polar surface area (TPSA) is 94.9 Å². The number of anilines is 1. The summed E-state index contributed by atoms with van der Waals surface area (Å²) in [6.45, 7) is 9.42. The Labute approximate surface area is 159 Å². The van der Waals surface area contributed by atoms with Crippen LogP contribution < -0.4 is 5.01 Å². The first-order chi connectivity index (χ1) is 12.5. The SMILES string of the molecule is CC(=O)N(c1c(C)cc(C)cc1C)[N+]1(C(C)C(=O)O)CCC(C(=O)O)CC1. The van der Waals surface area contributed by atoms with Gasteiger partial charge in [0.05, 0.1) is 5.92 Å². The smallest absolute Gasteiger partial charge is 0.364 e. The van der Waals surface area contributed by atoms with Gasteiger partial charge in [-0.2, -0.15) is 5.01 Å². The third-order valence-corrected chi connectivity index (χ3v) is 5.70. The molecule has 0 radical (unpaired) electrons. The quantitative estimate of drug-likeness (QED) is 0.769. The van der Waals surface area contributed by atoms with Crippen molar-refractivity contribution < 1.29 is 29.2 Å². The number of likely N-dealkylation sites (tertiary alicyclic amines) is 1. The second kappa shape index (κ2) is 7.68. The van der Waals surface area contributed by atoms with Crippen molar-refractivity contribution in [2.75, 3.05) is 18.1 Å². The summed E-state index contributed by atoms with van der Waals surface area (Å²) in [5.41, 5.74) is 3.59. The zero-order valence-corrected chi connectivity index (χ0v) is 16.7. The normalized spacial score (nSPS) is 23.5. The highest BCUT2D eigenvalue weighted by Crippen LogP contribution is 2.37. The monoisotopic (exact) mass is 377 g/mol. The lowest BCUT2D eigenvalue weighted by molar-refractivity contribution is -0.948. The molecule has 1 aromatic carbocycles. The predicted octanol–water partition coefficient (Wildman–Crippen LogP) is 2.66. The van der Waals surface area contributed by atoms with Crippen LogP contribution in [0.1, 0.15) is 43.4 Å². The average Bonchev–Trinajstić information content (AvgIpc) is 2.56. The van der Waals surface area contributed by atoms with Gasteiger partial charge < -0.3 is 10.2 Å². The lowest BCUT2D eigenvalue weighted by atomic mass is 9.94. The molecular weight excluding hydrogens is 348 g/mol. The van der Waals surface area contributed by atoms with Crippen molar-refractivity contribution in [1.82, 2.24) is 0 Å². The minimum atomic E-state index is -1.00. The molecule has 0 spiro atoms. The number of carbonyl (C=O) groups excluding carboxylic acids is 1. The molecule has 1 saturated heterocycles. The molecule has 0 aromatic heterocycles. The molecule has 7 heteroatoms. The number of piperidine rings is 1. The fraction of sp³-hybridized carbons (Fsp3) is 0.550. The van der Waals surface area contributed by atoms with Gasteiger partial charge in [0.2, 0.25) is 6.04 Å². The van der Waals surface area contributed by atoms with E-state index in [1.165, 1.54) is 6.92 Å². The molecule has 7 nitrogen and oxygen atoms in total. The fourth-order valence-electron chi connectivity index (χ4n) is 4.37. The predicted molar refractivity (Wildman–Crippen MR) is 101 cm³/mol. The number of rotatable bonds is 5. The molecule has 2 rings (SSSR count). The molecule has 0 bridgehead atoms. The van der Waals surface area contributed by atoms with Gasteiger partial charge >= 0.3 is 11.9 Å². The second-order valence-electron chi connectivity index (χ2n) is 7.64. The van der Waals surface area contributed by atoms with Crippen molar-refractivity contribution >= 4 is 23.5 Å². The number of aliphatic carboxylic acids is 2. The van der Waals surface area contributed by atoms with Crippen molar-refractivity contribution in [2.45, 2.75) is 53.5 Å². The van der Waals surface area contributed by atoms with Crippen LogP contribution >= 0.6 is 0 Å². The lowest BCUT2D eigenvalue weighted by Crippen LogP contribution is -2.71. The third kappa shape index (κ3) is 3.83. The van der Waals surface area contributed by atoms with Crippen LogP contribution in [-0.2, 0) is 14.4 Å². The van der Waals surface area contributed by atoms with Crippen LogP contribution in [0, 0.1) is 26.7 Å². The first-order valence-corrected chi connectivity index (χ1v) is 9.22. The van der Waals surface area contributed by atoms with Gasteiger partial charge in [0.25, 0.3) is 5.91 Å². The van der Waals surface area contributed by atoms with Gasteiger partial charge in [-0.3, -0.25) is 9.59 Å². The van der Waals surface area contributed by atoms with Crippen molar-refractivity contribution in [3.05, 3.63) is 28.8 Å². The number of hydrogen-bond acceptors (Lipinski definition) is 3. The Kier molecular flexibility index (Phi) is 5.94. The largest absolute Gasteiger partial charge is 0.481 e. The van der Waals surface area contributed by atoms with Crippen molar-refractivity contribution in [3.8, 4) is 0 Å². The molecule has 27 heavy (non-hydrogen) atoms. The first kappa shape index (κ1) is 20.9. The Morgan fingerprint density at radius 3 is 1.93 bits per heavy atom. The molecule has 1 amide bonds. The number of carboxylic acids is 2. The number of quaternary nitrogens is 1. The molecular formula is C20H29N2O5+. The van der Waals surface area contributed by atoms with E-state index in [0.29, 0.717) is 12.8 Å². The summed E-state index contributed by atoms with van der Waals surface area (Å²) in [6, 6.07) is 3.08. The van der Waals surface area contributed by atoms with Gasteiger partial charge in [-0.25, -0.2) is 9.39 Å². The van der Waals surface area contributed by atoms with Gasteiger partial charge in [0, 0.05) is 26.7 Å². The van der Waals surface area contributed by atoms with Crippen molar-refractivity contribution in [2.24, 2.45) is 5.92 Å². The van der Waals surface area contributed by atoms with Gasteiger partial charge in [-0.15, -0.1) is 0 Å². The molecule has 0 aliphatic carbocycles. The summed E-state index contributed by atoms with van der Waals surface area (Å²) < 4.78 is -0.0841. The van der Waals surface area contributed by atoms with Crippen LogP contribution in [0.2, 0.25) is 0 Å². The molecule has 1 fully saturated rings. The maximum absolute atomic E-state index is 12.8. The second-order valence-corrected chi connectivity index (χ2v) is 7.64. The van der Waals surface area contributed by atoms with E-state index in [1.54, 1.807) is 11.9 Å². The summed E-state index contributed by atoms with van der Waals surface area (Å²) >= 11 is 0. The maximum Gasteiger partial charge on any atom is 0.364 e. The standard InChI is InChI=1S/C20H28N2O5/c1-12-10-13(2)18(14(3)11-12)21(16(5)23)22(15(4)19(24)25)8-6-17(7-9-22)20(26)27/h10-11,15,17H,6-9H2,1-5H3,(H-,24,25,26,27)/p+1. The number of nitrogens with zero attached hydrogens (tertiary/aromatic N) is 2. The molecule has 2 N–H and O–H groups in total. The van der Waals surface area contributed by atoms with Gasteiger partial charge in [-0.1, -0.05) is 17.7 Å². The van der Waals surface area contributed by atoms with Gasteiger partial charge in [-0.05, 0) is 31.9 Å². The first-order valence-electron chi connectivity index (χ1n) is 9.22. The minimum Gasteiger partial charge on any atom is -0.481 e. The number of benzene rings is 1. The zero-order chi connectivity index (χ0) is 20.5. The number of aryl methyl sites for hydroxylation is 3. The van der Waals surface area contributed by atoms with E-state index in [9.17, 15) is 24.6 Å². The number of amides is 1. The van der Waals surface area contributed by atoms with E-state index in [4.69, 9.17) is 0 Å². The van der Waals surface area contributed by atoms with Crippen LogP contribution in [0.15, 0.2) is 12.1 Å². The van der Waals surface area contributed by atoms with Crippen LogP contribution in [-0.4, -0.2) is 51.8 Å². The highest BCUT2D eigenvalue weighted by Gasteiger charge is 2.51. The highest BCUT2D eigenvalue weighted by atomic mass is 16.4. The minimum absolute atomic E-state index is 0.0841. The van der Waals surface area contributed by atoms with E-state index in [1.807, 2.05) is 32.9 Å². The lowest BCUT2D eigenvalue weighted by Gasteiger charge is -2.50. The molecule has 1 unspecified atom stereocenters. The van der Waals surface area contributed by atoms with Crippen LogP contribution in [0.25, 0.3) is 0 Å². The van der Waals surface area contributed by atoms with E-state index in [0.717, 1.165) is 22.4 Å². The molecule has 148 valence electrons. The van der Waals surface area contributed by atoms with Crippen LogP contribution in [0.5, 0.6) is 0 Å². The molecule has 0 saturated carbocycles. The summed E-state index contributed by atoms with van der Waals surface area (Å²) in [6.07, 6.45) is 0.668. The number of hydrogen-bond donors (Lipinski definition) is 2. The Morgan fingerprint density at radius 1 is 1.07 bits per heavy atom. The fourth-order valence-corrected chi connectivity index (χ4v) is 4.37. The number of carboxylic acid groups (broad SMARTS) is 2. The van der Waals surface area contributed by atoms with Crippen LogP contribution in [0.3, 0.4) is 0 Å². The number of carbonyl (C=O) groups is 3. The van der Waals surface area contributed by atoms with Crippen molar-refractivity contribution in [3.63, 3.8) is 0 Å². The molecule has 1 heterocycles. The van der Waals surface area contributed by atoms with Gasteiger partial charge in [0.1, 0.15) is 18.8 Å². The van der Waals surface area contributed by atoms with Crippen LogP contribution in [0.4, 0.5) is 5.69 Å². The molecule has 1 aliphatic rings. The van der Waals surface area contributed by atoms with E-state index in [2.05, 4.69) is 0 Å². The summed E-state index contributed by atoms with van der Waals surface area (Å²) in [4.78, 5) is 36.1. The molecule has 1 aliphatic heterocycles. The summed E-state index contributed by atoms with van der Waals surface area (Å²) in [5, 5.41) is 20.7. The highest BCUT2D eigenvalue weighted by molar-refractivity contribution is 5.91. The van der Waals surface area contributed by atoms with E-state index in [-0.39, 0.29) is 23.6 Å². The Hall–Kier alpha value is -2.41.